The van der Waals surface area contributed by atoms with Crippen molar-refractivity contribution in [3.05, 3.63) is 58.0 Å². The van der Waals surface area contributed by atoms with Crippen molar-refractivity contribution in [1.29, 1.82) is 0 Å². The smallest absolute Gasteiger partial charge is 0.127 e. The molecule has 0 aliphatic carbocycles. The maximum atomic E-state index is 13.5. The highest BCUT2D eigenvalue weighted by Gasteiger charge is 2.11. The minimum absolute atomic E-state index is 0.133. The normalized spacial score (nSPS) is 12.6. The SMILES string of the molecule is CCCC(NCc1ccccc1F)c1cccs1. The molecule has 0 saturated heterocycles. The fraction of sp³-hybridized carbons (Fsp3) is 0.333. The van der Waals surface area contributed by atoms with Crippen LogP contribution in [0.25, 0.3) is 0 Å². The second-order valence-electron chi connectivity index (χ2n) is 4.33. The van der Waals surface area contributed by atoms with E-state index in [9.17, 15) is 4.39 Å². The van der Waals surface area contributed by atoms with Gasteiger partial charge in [0.1, 0.15) is 5.82 Å². The molecular weight excluding hydrogens is 245 g/mol. The monoisotopic (exact) mass is 263 g/mol. The zero-order valence-electron chi connectivity index (χ0n) is 10.5. The first-order valence-corrected chi connectivity index (χ1v) is 7.19. The van der Waals surface area contributed by atoms with Gasteiger partial charge in [-0.2, -0.15) is 0 Å². The summed E-state index contributed by atoms with van der Waals surface area (Å²) in [5.74, 6) is -0.133. The van der Waals surface area contributed by atoms with Gasteiger partial charge in [0.15, 0.2) is 0 Å². The van der Waals surface area contributed by atoms with E-state index in [0.717, 1.165) is 18.4 Å². The van der Waals surface area contributed by atoms with Crippen LogP contribution in [0.5, 0.6) is 0 Å². The molecule has 1 heterocycles. The van der Waals surface area contributed by atoms with Crippen LogP contribution >= 0.6 is 11.3 Å². The molecule has 0 fully saturated rings. The fourth-order valence-electron chi connectivity index (χ4n) is 2.00. The van der Waals surface area contributed by atoms with Crippen LogP contribution in [0.2, 0.25) is 0 Å². The number of hydrogen-bond donors (Lipinski definition) is 1. The molecule has 1 N–H and O–H groups in total. The van der Waals surface area contributed by atoms with E-state index in [1.165, 1.54) is 10.9 Å². The lowest BCUT2D eigenvalue weighted by Gasteiger charge is -2.17. The Balaban J connectivity index is 2.00. The Morgan fingerprint density at radius 2 is 2.06 bits per heavy atom. The number of thiophene rings is 1. The molecule has 0 aliphatic heterocycles. The van der Waals surface area contributed by atoms with Crippen LogP contribution in [-0.4, -0.2) is 0 Å². The Hall–Kier alpha value is -1.19. The summed E-state index contributed by atoms with van der Waals surface area (Å²) >= 11 is 1.75. The minimum Gasteiger partial charge on any atom is -0.305 e. The predicted molar refractivity (Wildman–Crippen MR) is 75.2 cm³/mol. The molecule has 0 amide bonds. The number of hydrogen-bond acceptors (Lipinski definition) is 2. The third-order valence-electron chi connectivity index (χ3n) is 2.96. The number of nitrogens with one attached hydrogen (secondary N) is 1. The van der Waals surface area contributed by atoms with Crippen molar-refractivity contribution in [2.24, 2.45) is 0 Å². The average molecular weight is 263 g/mol. The third-order valence-corrected chi connectivity index (χ3v) is 3.95. The molecule has 2 rings (SSSR count). The molecule has 0 bridgehead atoms. The summed E-state index contributed by atoms with van der Waals surface area (Å²) < 4.78 is 13.5. The number of halogens is 1. The van der Waals surface area contributed by atoms with E-state index < -0.39 is 0 Å². The standard InChI is InChI=1S/C15H18FNS/c1-2-6-14(15-9-5-10-18-15)17-11-12-7-3-4-8-13(12)16/h3-5,7-10,14,17H,2,6,11H2,1H3. The van der Waals surface area contributed by atoms with Crippen molar-refractivity contribution in [2.75, 3.05) is 0 Å². The Labute approximate surface area is 112 Å². The van der Waals surface area contributed by atoms with Crippen molar-refractivity contribution in [3.63, 3.8) is 0 Å². The van der Waals surface area contributed by atoms with Gasteiger partial charge in [0, 0.05) is 23.0 Å². The molecule has 1 aromatic carbocycles. The van der Waals surface area contributed by atoms with Crippen molar-refractivity contribution in [1.82, 2.24) is 5.32 Å². The second kappa shape index (κ2) is 6.66. The van der Waals surface area contributed by atoms with Gasteiger partial charge < -0.3 is 5.32 Å². The summed E-state index contributed by atoms with van der Waals surface area (Å²) in [6.07, 6.45) is 2.20. The van der Waals surface area contributed by atoms with Gasteiger partial charge in [0.2, 0.25) is 0 Å². The zero-order chi connectivity index (χ0) is 12.8. The number of rotatable bonds is 6. The Kier molecular flexibility index (Phi) is 4.90. The highest BCUT2D eigenvalue weighted by molar-refractivity contribution is 7.10. The van der Waals surface area contributed by atoms with Crippen molar-refractivity contribution < 1.29 is 4.39 Å². The summed E-state index contributed by atoms with van der Waals surface area (Å²) in [6.45, 7) is 2.75. The van der Waals surface area contributed by atoms with E-state index in [-0.39, 0.29) is 5.82 Å². The molecular formula is C15H18FNS. The Morgan fingerprint density at radius 1 is 1.22 bits per heavy atom. The molecule has 96 valence electrons. The first-order chi connectivity index (χ1) is 8.81. The Morgan fingerprint density at radius 3 is 2.72 bits per heavy atom. The molecule has 0 spiro atoms. The largest absolute Gasteiger partial charge is 0.305 e. The van der Waals surface area contributed by atoms with Crippen LogP contribution in [0.15, 0.2) is 41.8 Å². The second-order valence-corrected chi connectivity index (χ2v) is 5.31. The molecule has 3 heteroatoms. The fourth-order valence-corrected chi connectivity index (χ4v) is 2.83. The van der Waals surface area contributed by atoms with E-state index in [0.29, 0.717) is 12.6 Å². The first kappa shape index (κ1) is 13.2. The van der Waals surface area contributed by atoms with Gasteiger partial charge >= 0.3 is 0 Å². The van der Waals surface area contributed by atoms with E-state index >= 15 is 0 Å². The van der Waals surface area contributed by atoms with Crippen LogP contribution in [-0.2, 0) is 6.54 Å². The van der Waals surface area contributed by atoms with Crippen molar-refractivity contribution in [3.8, 4) is 0 Å². The third kappa shape index (κ3) is 3.40. The van der Waals surface area contributed by atoms with Crippen LogP contribution in [0, 0.1) is 5.82 Å². The quantitative estimate of drug-likeness (QED) is 0.808. The molecule has 1 nitrogen and oxygen atoms in total. The van der Waals surface area contributed by atoms with Crippen LogP contribution in [0.3, 0.4) is 0 Å². The van der Waals surface area contributed by atoms with Crippen LogP contribution < -0.4 is 5.32 Å². The van der Waals surface area contributed by atoms with Crippen LogP contribution in [0.1, 0.15) is 36.2 Å². The van der Waals surface area contributed by atoms with Gasteiger partial charge in [0.25, 0.3) is 0 Å². The summed E-state index contributed by atoms with van der Waals surface area (Å²) in [4.78, 5) is 1.33. The summed E-state index contributed by atoms with van der Waals surface area (Å²) in [5.41, 5.74) is 0.732. The van der Waals surface area contributed by atoms with Gasteiger partial charge in [-0.3, -0.25) is 0 Å². The lowest BCUT2D eigenvalue weighted by Crippen LogP contribution is -2.20. The predicted octanol–water partition coefficient (Wildman–Crippen LogP) is 4.52. The molecule has 1 unspecified atom stereocenters. The molecule has 18 heavy (non-hydrogen) atoms. The van der Waals surface area contributed by atoms with E-state index in [1.807, 2.05) is 12.1 Å². The lowest BCUT2D eigenvalue weighted by atomic mass is 10.1. The Bertz CT molecular complexity index is 467. The highest BCUT2D eigenvalue weighted by Crippen LogP contribution is 2.23. The van der Waals surface area contributed by atoms with Gasteiger partial charge in [-0.25, -0.2) is 4.39 Å². The van der Waals surface area contributed by atoms with Gasteiger partial charge in [-0.1, -0.05) is 37.6 Å². The van der Waals surface area contributed by atoms with E-state index in [2.05, 4.69) is 29.8 Å². The first-order valence-electron chi connectivity index (χ1n) is 6.31. The summed E-state index contributed by atoms with van der Waals surface area (Å²) in [7, 11) is 0. The number of benzene rings is 1. The average Bonchev–Trinajstić information content (AvgIpc) is 2.90. The van der Waals surface area contributed by atoms with Gasteiger partial charge in [-0.15, -0.1) is 11.3 Å². The molecule has 0 saturated carbocycles. The molecule has 2 aromatic rings. The molecule has 1 atom stereocenters. The van der Waals surface area contributed by atoms with Crippen molar-refractivity contribution >= 4 is 11.3 Å². The van der Waals surface area contributed by atoms with E-state index in [4.69, 9.17) is 0 Å². The maximum Gasteiger partial charge on any atom is 0.127 e. The molecule has 0 aliphatic rings. The molecule has 1 aromatic heterocycles. The lowest BCUT2D eigenvalue weighted by molar-refractivity contribution is 0.489. The summed E-state index contributed by atoms with van der Waals surface area (Å²) in [5, 5.41) is 5.54. The van der Waals surface area contributed by atoms with E-state index in [1.54, 1.807) is 17.4 Å². The minimum atomic E-state index is -0.133. The maximum absolute atomic E-state index is 13.5. The zero-order valence-corrected chi connectivity index (χ0v) is 11.3. The molecule has 0 radical (unpaired) electrons. The van der Waals surface area contributed by atoms with Crippen molar-refractivity contribution in [2.45, 2.75) is 32.4 Å². The van der Waals surface area contributed by atoms with Gasteiger partial charge in [0.05, 0.1) is 0 Å². The van der Waals surface area contributed by atoms with Crippen LogP contribution in [0.4, 0.5) is 4.39 Å². The highest BCUT2D eigenvalue weighted by atomic mass is 32.1. The topological polar surface area (TPSA) is 12.0 Å². The van der Waals surface area contributed by atoms with Gasteiger partial charge in [-0.05, 0) is 23.9 Å². The summed E-state index contributed by atoms with van der Waals surface area (Å²) in [6, 6.07) is 11.5.